The van der Waals surface area contributed by atoms with E-state index in [1.807, 2.05) is 38.1 Å². The third-order valence-electron chi connectivity index (χ3n) is 3.11. The van der Waals surface area contributed by atoms with Crippen LogP contribution in [0.2, 0.25) is 5.02 Å². The summed E-state index contributed by atoms with van der Waals surface area (Å²) in [5, 5.41) is 3.20. The van der Waals surface area contributed by atoms with E-state index in [4.69, 9.17) is 16.3 Å². The summed E-state index contributed by atoms with van der Waals surface area (Å²) >= 11 is 9.21. The molecule has 0 bridgehead atoms. The van der Waals surface area contributed by atoms with Crippen molar-refractivity contribution in [2.75, 3.05) is 11.9 Å². The number of ether oxygens (including phenoxy) is 1. The topological polar surface area (TPSA) is 51.2 Å². The molecule has 1 aromatic heterocycles. The number of benzene rings is 1. The van der Waals surface area contributed by atoms with Gasteiger partial charge in [-0.2, -0.15) is 0 Å². The van der Waals surface area contributed by atoms with Crippen molar-refractivity contribution in [3.05, 3.63) is 57.7 Å². The molecule has 0 fully saturated rings. The summed E-state index contributed by atoms with van der Waals surface area (Å²) in [4.78, 5) is 15.9. The van der Waals surface area contributed by atoms with Crippen LogP contribution in [0.5, 0.6) is 0 Å². The second-order valence-corrected chi connectivity index (χ2v) is 7.12. The fourth-order valence-electron chi connectivity index (χ4n) is 2.08. The predicted molar refractivity (Wildman–Crippen MR) is 95.8 cm³/mol. The number of halogens is 2. The smallest absolute Gasteiger partial charge is 0.251 e. The van der Waals surface area contributed by atoms with E-state index in [2.05, 4.69) is 26.2 Å². The molecule has 0 aliphatic heterocycles. The van der Waals surface area contributed by atoms with Gasteiger partial charge in [0.15, 0.2) is 0 Å². The van der Waals surface area contributed by atoms with Crippen molar-refractivity contribution < 1.29 is 9.53 Å². The molecule has 1 aromatic carbocycles. The van der Waals surface area contributed by atoms with Gasteiger partial charge in [-0.15, -0.1) is 0 Å². The Morgan fingerprint density at radius 2 is 2.13 bits per heavy atom. The monoisotopic (exact) mass is 396 g/mol. The normalized spacial score (nSPS) is 11.3. The maximum Gasteiger partial charge on any atom is 0.251 e. The van der Waals surface area contributed by atoms with E-state index < -0.39 is 5.60 Å². The number of hydrogen-bond acceptors (Lipinski definition) is 3. The second-order valence-electron chi connectivity index (χ2n) is 5.76. The van der Waals surface area contributed by atoms with Crippen LogP contribution in [0.4, 0.5) is 5.82 Å². The zero-order valence-corrected chi connectivity index (χ0v) is 15.3. The Balaban J connectivity index is 1.85. The zero-order chi connectivity index (χ0) is 16.9. The lowest BCUT2D eigenvalue weighted by molar-refractivity contribution is -0.126. The maximum absolute atomic E-state index is 11.9. The summed E-state index contributed by atoms with van der Waals surface area (Å²) in [7, 11) is 0. The van der Waals surface area contributed by atoms with Crippen molar-refractivity contribution in [2.45, 2.75) is 25.9 Å². The highest BCUT2D eigenvalue weighted by molar-refractivity contribution is 9.10. The zero-order valence-electron chi connectivity index (χ0n) is 13.0. The first kappa shape index (κ1) is 17.9. The van der Waals surface area contributed by atoms with Gasteiger partial charge < -0.3 is 10.1 Å². The Labute approximate surface area is 149 Å². The number of carbonyl (C=O) groups is 1. The molecule has 2 rings (SSSR count). The molecule has 0 aliphatic rings. The van der Waals surface area contributed by atoms with Crippen molar-refractivity contribution in [1.82, 2.24) is 4.98 Å². The lowest BCUT2D eigenvalue weighted by Crippen LogP contribution is -2.32. The second kappa shape index (κ2) is 7.90. The maximum atomic E-state index is 11.9. The van der Waals surface area contributed by atoms with Crippen molar-refractivity contribution in [2.24, 2.45) is 0 Å². The van der Waals surface area contributed by atoms with Crippen LogP contribution in [0.15, 0.2) is 47.1 Å². The number of carbonyl (C=O) groups excluding carboxylic acids is 1. The van der Waals surface area contributed by atoms with Gasteiger partial charge in [0.2, 0.25) is 0 Å². The SMILES string of the molecule is CC(C)(Cc1cccc(Br)c1)OCC(=O)Nc1ccc(Cl)cn1. The highest BCUT2D eigenvalue weighted by atomic mass is 79.9. The van der Waals surface area contributed by atoms with Crippen molar-refractivity contribution in [1.29, 1.82) is 0 Å². The number of aromatic nitrogens is 1. The quantitative estimate of drug-likeness (QED) is 0.782. The predicted octanol–water partition coefficient (Wildman–Crippen LogP) is 4.47. The van der Waals surface area contributed by atoms with Crippen LogP contribution in [-0.4, -0.2) is 23.1 Å². The van der Waals surface area contributed by atoms with Crippen molar-refractivity contribution >= 4 is 39.3 Å². The lowest BCUT2D eigenvalue weighted by atomic mass is 9.98. The largest absolute Gasteiger partial charge is 0.365 e. The van der Waals surface area contributed by atoms with Crippen LogP contribution in [0, 0.1) is 0 Å². The molecular formula is C17H18BrClN2O2. The Morgan fingerprint density at radius 3 is 2.78 bits per heavy atom. The summed E-state index contributed by atoms with van der Waals surface area (Å²) in [5.74, 6) is 0.204. The molecule has 6 heteroatoms. The van der Waals surface area contributed by atoms with E-state index in [0.29, 0.717) is 17.3 Å². The van der Waals surface area contributed by atoms with E-state index in [-0.39, 0.29) is 12.5 Å². The van der Waals surface area contributed by atoms with Gasteiger partial charge in [-0.1, -0.05) is 39.7 Å². The third kappa shape index (κ3) is 6.29. The number of rotatable bonds is 6. The number of hydrogen-bond donors (Lipinski definition) is 1. The average Bonchev–Trinajstić information content (AvgIpc) is 2.47. The molecule has 1 N–H and O–H groups in total. The highest BCUT2D eigenvalue weighted by Crippen LogP contribution is 2.20. The minimum absolute atomic E-state index is 0.0364. The molecule has 23 heavy (non-hydrogen) atoms. The van der Waals surface area contributed by atoms with Crippen LogP contribution in [0.25, 0.3) is 0 Å². The molecule has 0 radical (unpaired) electrons. The molecule has 0 unspecified atom stereocenters. The molecule has 0 atom stereocenters. The molecule has 0 saturated heterocycles. The molecule has 4 nitrogen and oxygen atoms in total. The number of nitrogens with one attached hydrogen (secondary N) is 1. The first-order valence-electron chi connectivity index (χ1n) is 7.14. The van der Waals surface area contributed by atoms with Crippen LogP contribution < -0.4 is 5.32 Å². The van der Waals surface area contributed by atoms with E-state index in [0.717, 1.165) is 10.0 Å². The molecular weight excluding hydrogens is 380 g/mol. The minimum Gasteiger partial charge on any atom is -0.365 e. The molecule has 1 heterocycles. The summed E-state index contributed by atoms with van der Waals surface area (Å²) < 4.78 is 6.78. The van der Waals surface area contributed by atoms with Gasteiger partial charge in [0.25, 0.3) is 5.91 Å². The summed E-state index contributed by atoms with van der Waals surface area (Å²) in [6.07, 6.45) is 2.19. The summed E-state index contributed by atoms with van der Waals surface area (Å²) in [6, 6.07) is 11.4. The van der Waals surface area contributed by atoms with Crippen LogP contribution in [-0.2, 0) is 16.0 Å². The number of pyridine rings is 1. The van der Waals surface area contributed by atoms with Gasteiger partial charge >= 0.3 is 0 Å². The Hall–Kier alpha value is -1.43. The van der Waals surface area contributed by atoms with Crippen molar-refractivity contribution in [3.8, 4) is 0 Å². The summed E-state index contributed by atoms with van der Waals surface area (Å²) in [6.45, 7) is 3.88. The van der Waals surface area contributed by atoms with Crippen molar-refractivity contribution in [3.63, 3.8) is 0 Å². The molecule has 122 valence electrons. The molecule has 1 amide bonds. The Morgan fingerprint density at radius 1 is 1.35 bits per heavy atom. The summed E-state index contributed by atoms with van der Waals surface area (Å²) in [5.41, 5.74) is 0.690. The first-order chi connectivity index (χ1) is 10.8. The Kier molecular flexibility index (Phi) is 6.16. The minimum atomic E-state index is -0.453. The molecule has 0 spiro atoms. The van der Waals surface area contributed by atoms with E-state index in [9.17, 15) is 4.79 Å². The number of nitrogens with zero attached hydrogens (tertiary/aromatic N) is 1. The molecule has 0 aliphatic carbocycles. The van der Waals surface area contributed by atoms with Gasteiger partial charge in [-0.25, -0.2) is 4.98 Å². The van der Waals surface area contributed by atoms with E-state index >= 15 is 0 Å². The number of amides is 1. The number of anilines is 1. The van der Waals surface area contributed by atoms with Gasteiger partial charge in [0.05, 0.1) is 10.6 Å². The average molecular weight is 398 g/mol. The van der Waals surface area contributed by atoms with E-state index in [1.165, 1.54) is 6.20 Å². The van der Waals surface area contributed by atoms with Gasteiger partial charge in [0.1, 0.15) is 12.4 Å². The van der Waals surface area contributed by atoms with E-state index in [1.54, 1.807) is 12.1 Å². The van der Waals surface area contributed by atoms with Crippen LogP contribution in [0.1, 0.15) is 19.4 Å². The third-order valence-corrected chi connectivity index (χ3v) is 3.82. The van der Waals surface area contributed by atoms with Crippen LogP contribution >= 0.6 is 27.5 Å². The van der Waals surface area contributed by atoms with Gasteiger partial charge in [-0.3, -0.25) is 4.79 Å². The first-order valence-corrected chi connectivity index (χ1v) is 8.31. The fourth-order valence-corrected chi connectivity index (χ4v) is 2.64. The van der Waals surface area contributed by atoms with Gasteiger partial charge in [0, 0.05) is 17.1 Å². The fraction of sp³-hybridized carbons (Fsp3) is 0.294. The van der Waals surface area contributed by atoms with Crippen LogP contribution in [0.3, 0.4) is 0 Å². The Bertz CT molecular complexity index is 675. The highest BCUT2D eigenvalue weighted by Gasteiger charge is 2.21. The molecule has 2 aromatic rings. The standard InChI is InChI=1S/C17H18BrClN2O2/c1-17(2,9-12-4-3-5-13(18)8-12)23-11-16(22)21-15-7-6-14(19)10-20-15/h3-8,10H,9,11H2,1-2H3,(H,20,21,22). The van der Waals surface area contributed by atoms with Gasteiger partial charge in [-0.05, 0) is 43.7 Å². The lowest BCUT2D eigenvalue weighted by Gasteiger charge is -2.25. The molecule has 0 saturated carbocycles.